The van der Waals surface area contributed by atoms with Gasteiger partial charge in [0.05, 0.1) is 0 Å². The van der Waals surface area contributed by atoms with Crippen LogP contribution in [0, 0.1) is 6.92 Å². The second-order valence-electron chi connectivity index (χ2n) is 2.91. The van der Waals surface area contributed by atoms with Crippen LogP contribution in [0.1, 0.15) is 12.8 Å². The van der Waals surface area contributed by atoms with Crippen LogP contribution in [0.4, 0.5) is 4.79 Å². The maximum Gasteiger partial charge on any atom is 0.321 e. The molecular formula is C8H13N2O3. The average Bonchev–Trinajstić information content (AvgIpc) is 2.04. The summed E-state index contributed by atoms with van der Waals surface area (Å²) in [6, 6.07) is -0.375. The summed E-state index contributed by atoms with van der Waals surface area (Å²) in [5, 5.41) is 4.71. The van der Waals surface area contributed by atoms with E-state index in [0.29, 0.717) is 13.2 Å². The summed E-state index contributed by atoms with van der Waals surface area (Å²) in [6.07, 6.45) is 1.58. The molecule has 0 aromatic carbocycles. The number of ether oxygens (including phenoxy) is 1. The first kappa shape index (κ1) is 9.98. The summed E-state index contributed by atoms with van der Waals surface area (Å²) in [5.41, 5.74) is 0. The standard InChI is InChI=1S/C8H13N2O3/c1-6(11)9-8(12)10-7-2-4-13-5-3-7/h7H,1-5H2,(H2,9,10,11,12). The van der Waals surface area contributed by atoms with E-state index in [9.17, 15) is 9.59 Å². The van der Waals surface area contributed by atoms with E-state index in [4.69, 9.17) is 4.74 Å². The summed E-state index contributed by atoms with van der Waals surface area (Å²) in [7, 11) is 0. The Hall–Kier alpha value is -1.10. The van der Waals surface area contributed by atoms with Gasteiger partial charge in [-0.25, -0.2) is 4.79 Å². The maximum absolute atomic E-state index is 11.0. The molecule has 5 nitrogen and oxygen atoms in total. The molecule has 0 aromatic rings. The zero-order chi connectivity index (χ0) is 9.68. The maximum atomic E-state index is 11.0. The molecule has 1 aliphatic rings. The summed E-state index contributed by atoms with van der Waals surface area (Å²) in [4.78, 5) is 21.4. The fourth-order valence-electron chi connectivity index (χ4n) is 1.19. The molecule has 73 valence electrons. The van der Waals surface area contributed by atoms with E-state index >= 15 is 0 Å². The Bertz CT molecular complexity index is 200. The van der Waals surface area contributed by atoms with Gasteiger partial charge in [-0.2, -0.15) is 0 Å². The van der Waals surface area contributed by atoms with Crippen LogP contribution in [-0.2, 0) is 9.53 Å². The van der Waals surface area contributed by atoms with Gasteiger partial charge in [-0.05, 0) is 12.8 Å². The molecular weight excluding hydrogens is 172 g/mol. The van der Waals surface area contributed by atoms with Crippen LogP contribution in [-0.4, -0.2) is 31.2 Å². The second-order valence-corrected chi connectivity index (χ2v) is 2.91. The lowest BCUT2D eigenvalue weighted by Gasteiger charge is -2.22. The highest BCUT2D eigenvalue weighted by atomic mass is 16.5. The molecule has 0 aliphatic carbocycles. The normalized spacial score (nSPS) is 17.9. The van der Waals surface area contributed by atoms with E-state index in [1.165, 1.54) is 0 Å². The number of urea groups is 1. The molecule has 1 heterocycles. The van der Waals surface area contributed by atoms with E-state index in [-0.39, 0.29) is 6.04 Å². The SMILES string of the molecule is [CH2]C(=O)NC(=O)NC1CCOCC1. The lowest BCUT2D eigenvalue weighted by Crippen LogP contribution is -2.45. The molecule has 1 aliphatic heterocycles. The number of amides is 3. The number of rotatable bonds is 1. The molecule has 1 fully saturated rings. The number of carbonyl (C=O) groups is 2. The highest BCUT2D eigenvalue weighted by molar-refractivity contribution is 5.96. The molecule has 0 saturated carbocycles. The minimum Gasteiger partial charge on any atom is -0.381 e. The van der Waals surface area contributed by atoms with Gasteiger partial charge in [0.2, 0.25) is 5.91 Å². The zero-order valence-corrected chi connectivity index (χ0v) is 7.34. The van der Waals surface area contributed by atoms with Crippen LogP contribution in [0.3, 0.4) is 0 Å². The van der Waals surface area contributed by atoms with Crippen molar-refractivity contribution in [3.8, 4) is 0 Å². The molecule has 1 radical (unpaired) electrons. The second kappa shape index (κ2) is 4.81. The molecule has 1 saturated heterocycles. The van der Waals surface area contributed by atoms with Crippen molar-refractivity contribution >= 4 is 11.9 Å². The Balaban J connectivity index is 2.22. The van der Waals surface area contributed by atoms with Gasteiger partial charge in [0, 0.05) is 26.2 Å². The van der Waals surface area contributed by atoms with Crippen molar-refractivity contribution in [2.24, 2.45) is 0 Å². The molecule has 0 unspecified atom stereocenters. The van der Waals surface area contributed by atoms with Crippen molar-refractivity contribution in [2.75, 3.05) is 13.2 Å². The van der Waals surface area contributed by atoms with Crippen LogP contribution in [0.15, 0.2) is 0 Å². The van der Waals surface area contributed by atoms with Gasteiger partial charge in [0.1, 0.15) is 0 Å². The third-order valence-corrected chi connectivity index (χ3v) is 1.81. The van der Waals surface area contributed by atoms with Gasteiger partial charge in [0.25, 0.3) is 0 Å². The van der Waals surface area contributed by atoms with Crippen molar-refractivity contribution < 1.29 is 14.3 Å². The molecule has 2 N–H and O–H groups in total. The van der Waals surface area contributed by atoms with E-state index in [1.54, 1.807) is 0 Å². The molecule has 5 heteroatoms. The Morgan fingerprint density at radius 1 is 1.31 bits per heavy atom. The van der Waals surface area contributed by atoms with Crippen molar-refractivity contribution in [3.63, 3.8) is 0 Å². The Labute approximate surface area is 76.8 Å². The van der Waals surface area contributed by atoms with Crippen LogP contribution in [0.25, 0.3) is 0 Å². The first-order chi connectivity index (χ1) is 6.18. The third kappa shape index (κ3) is 3.89. The molecule has 1 rings (SSSR count). The van der Waals surface area contributed by atoms with Gasteiger partial charge >= 0.3 is 6.03 Å². The predicted molar refractivity (Wildman–Crippen MR) is 45.9 cm³/mol. The van der Waals surface area contributed by atoms with Crippen molar-refractivity contribution in [1.82, 2.24) is 10.6 Å². The van der Waals surface area contributed by atoms with E-state index in [0.717, 1.165) is 12.8 Å². The van der Waals surface area contributed by atoms with Crippen molar-refractivity contribution in [2.45, 2.75) is 18.9 Å². The van der Waals surface area contributed by atoms with Crippen LogP contribution in [0.5, 0.6) is 0 Å². The fourth-order valence-corrected chi connectivity index (χ4v) is 1.19. The smallest absolute Gasteiger partial charge is 0.321 e. The van der Waals surface area contributed by atoms with E-state index in [2.05, 4.69) is 12.2 Å². The summed E-state index contributed by atoms with van der Waals surface area (Å²) in [5.74, 6) is -0.593. The Kier molecular flexibility index (Phi) is 3.70. The lowest BCUT2D eigenvalue weighted by atomic mass is 10.1. The highest BCUT2D eigenvalue weighted by Gasteiger charge is 2.15. The van der Waals surface area contributed by atoms with Gasteiger partial charge < -0.3 is 10.1 Å². The highest BCUT2D eigenvalue weighted by Crippen LogP contribution is 2.05. The van der Waals surface area contributed by atoms with Gasteiger partial charge in [-0.3, -0.25) is 10.1 Å². The van der Waals surface area contributed by atoms with Gasteiger partial charge in [-0.1, -0.05) is 0 Å². The third-order valence-electron chi connectivity index (χ3n) is 1.81. The molecule has 0 bridgehead atoms. The molecule has 13 heavy (non-hydrogen) atoms. The predicted octanol–water partition coefficient (Wildman–Crippen LogP) is -0.175. The minimum atomic E-state index is -0.593. The molecule has 3 amide bonds. The first-order valence-corrected chi connectivity index (χ1v) is 4.19. The number of carbonyl (C=O) groups excluding carboxylic acids is 2. The number of hydrogen-bond acceptors (Lipinski definition) is 3. The topological polar surface area (TPSA) is 67.4 Å². The summed E-state index contributed by atoms with van der Waals surface area (Å²) < 4.78 is 5.11. The van der Waals surface area contributed by atoms with E-state index < -0.39 is 11.9 Å². The molecule has 0 atom stereocenters. The quantitative estimate of drug-likeness (QED) is 0.595. The van der Waals surface area contributed by atoms with Gasteiger partial charge in [0.15, 0.2) is 0 Å². The fraction of sp³-hybridized carbons (Fsp3) is 0.625. The number of imide groups is 1. The van der Waals surface area contributed by atoms with Crippen LogP contribution in [0.2, 0.25) is 0 Å². The lowest BCUT2D eigenvalue weighted by molar-refractivity contribution is -0.115. The monoisotopic (exact) mass is 185 g/mol. The Morgan fingerprint density at radius 2 is 1.92 bits per heavy atom. The van der Waals surface area contributed by atoms with Crippen molar-refractivity contribution in [3.05, 3.63) is 6.92 Å². The minimum absolute atomic E-state index is 0.105. The van der Waals surface area contributed by atoms with Gasteiger partial charge in [-0.15, -0.1) is 0 Å². The first-order valence-electron chi connectivity index (χ1n) is 4.19. The molecule has 0 aromatic heterocycles. The summed E-state index contributed by atoms with van der Waals surface area (Å²) in [6.45, 7) is 4.35. The number of hydrogen-bond donors (Lipinski definition) is 2. The van der Waals surface area contributed by atoms with Crippen LogP contribution >= 0.6 is 0 Å². The van der Waals surface area contributed by atoms with Crippen molar-refractivity contribution in [1.29, 1.82) is 0 Å². The Morgan fingerprint density at radius 3 is 2.46 bits per heavy atom. The largest absolute Gasteiger partial charge is 0.381 e. The molecule has 0 spiro atoms. The average molecular weight is 185 g/mol. The number of nitrogens with one attached hydrogen (secondary N) is 2. The zero-order valence-electron chi connectivity index (χ0n) is 7.34. The summed E-state index contributed by atoms with van der Waals surface area (Å²) >= 11 is 0. The van der Waals surface area contributed by atoms with Crippen LogP contribution < -0.4 is 10.6 Å². The van der Waals surface area contributed by atoms with E-state index in [1.807, 2.05) is 5.32 Å².